The van der Waals surface area contributed by atoms with E-state index in [-0.39, 0.29) is 24.3 Å². The summed E-state index contributed by atoms with van der Waals surface area (Å²) in [5.74, 6) is -2.38. The van der Waals surface area contributed by atoms with Gasteiger partial charge in [0.25, 0.3) is 5.91 Å². The Bertz CT molecular complexity index is 481. The number of carbonyl (C=O) groups excluding carboxylic acids is 1. The van der Waals surface area contributed by atoms with E-state index < -0.39 is 24.6 Å². The number of carboxylic acid groups (broad SMARTS) is 1. The van der Waals surface area contributed by atoms with Gasteiger partial charge in [0.1, 0.15) is 5.75 Å². The van der Waals surface area contributed by atoms with Crippen molar-refractivity contribution in [2.75, 3.05) is 6.54 Å². The molecule has 0 aromatic heterocycles. The first-order valence-electron chi connectivity index (χ1n) is 5.64. The summed E-state index contributed by atoms with van der Waals surface area (Å²) >= 11 is 0. The predicted octanol–water partition coefficient (Wildman–Crippen LogP) is 0.853. The molecule has 0 saturated heterocycles. The summed E-state index contributed by atoms with van der Waals surface area (Å²) in [6.07, 6.45) is -1.79. The van der Waals surface area contributed by atoms with Gasteiger partial charge in [0.15, 0.2) is 6.10 Å². The zero-order valence-electron chi connectivity index (χ0n) is 10.3. The third-order valence-corrected chi connectivity index (χ3v) is 2.34. The number of rotatable bonds is 7. The Hall–Kier alpha value is -2.22. The molecule has 0 aliphatic rings. The van der Waals surface area contributed by atoms with E-state index in [2.05, 4.69) is 10.1 Å². The fourth-order valence-electron chi connectivity index (χ4n) is 1.39. The molecule has 6 nitrogen and oxygen atoms in total. The summed E-state index contributed by atoms with van der Waals surface area (Å²) in [6, 6.07) is 5.41. The number of aliphatic carboxylic acids is 1. The van der Waals surface area contributed by atoms with Gasteiger partial charge in [0.2, 0.25) is 0 Å². The number of nitrogens with one attached hydrogen (secondary N) is 1. The molecule has 20 heavy (non-hydrogen) atoms. The molecule has 0 aliphatic heterocycles. The maximum atomic E-state index is 12.2. The highest BCUT2D eigenvalue weighted by molar-refractivity contribution is 5.96. The van der Waals surface area contributed by atoms with Crippen molar-refractivity contribution in [3.05, 3.63) is 29.8 Å². The number of carbonyl (C=O) groups is 2. The van der Waals surface area contributed by atoms with Crippen LogP contribution in [-0.2, 0) is 4.79 Å². The van der Waals surface area contributed by atoms with Crippen molar-refractivity contribution in [2.24, 2.45) is 0 Å². The number of carboxylic acids is 1. The first-order valence-corrected chi connectivity index (χ1v) is 5.64. The number of ether oxygens (including phenoxy) is 1. The van der Waals surface area contributed by atoms with Gasteiger partial charge in [-0.05, 0) is 12.1 Å². The molecule has 1 amide bonds. The van der Waals surface area contributed by atoms with Crippen LogP contribution in [0.2, 0.25) is 0 Å². The van der Waals surface area contributed by atoms with Crippen LogP contribution in [0.4, 0.5) is 8.78 Å². The van der Waals surface area contributed by atoms with Crippen LogP contribution in [0.1, 0.15) is 16.8 Å². The molecule has 8 heteroatoms. The van der Waals surface area contributed by atoms with Gasteiger partial charge in [-0.1, -0.05) is 12.1 Å². The molecule has 1 atom stereocenters. The van der Waals surface area contributed by atoms with Crippen LogP contribution in [-0.4, -0.2) is 41.3 Å². The van der Waals surface area contributed by atoms with E-state index in [1.165, 1.54) is 24.3 Å². The smallest absolute Gasteiger partial charge is 0.387 e. The zero-order valence-corrected chi connectivity index (χ0v) is 10.3. The molecule has 0 unspecified atom stereocenters. The lowest BCUT2D eigenvalue weighted by atomic mass is 10.2. The highest BCUT2D eigenvalue weighted by Gasteiger charge is 2.16. The van der Waals surface area contributed by atoms with Gasteiger partial charge in [-0.2, -0.15) is 8.78 Å². The van der Waals surface area contributed by atoms with Crippen LogP contribution in [0.3, 0.4) is 0 Å². The van der Waals surface area contributed by atoms with Gasteiger partial charge < -0.3 is 20.3 Å². The fraction of sp³-hybridized carbons (Fsp3) is 0.333. The van der Waals surface area contributed by atoms with E-state index in [0.29, 0.717) is 0 Å². The first kappa shape index (κ1) is 15.8. The number of alkyl halides is 2. The minimum absolute atomic E-state index is 0.0994. The zero-order chi connectivity index (χ0) is 15.1. The molecule has 3 N–H and O–H groups in total. The number of aliphatic hydroxyl groups is 1. The first-order chi connectivity index (χ1) is 9.41. The Morgan fingerprint density at radius 1 is 1.30 bits per heavy atom. The predicted molar refractivity (Wildman–Crippen MR) is 63.7 cm³/mol. The Morgan fingerprint density at radius 3 is 2.55 bits per heavy atom. The van der Waals surface area contributed by atoms with Crippen LogP contribution in [0.25, 0.3) is 0 Å². The van der Waals surface area contributed by atoms with E-state index in [1.54, 1.807) is 0 Å². The van der Waals surface area contributed by atoms with Gasteiger partial charge in [0.05, 0.1) is 5.56 Å². The topological polar surface area (TPSA) is 95.9 Å². The maximum Gasteiger partial charge on any atom is 0.387 e. The number of aliphatic hydroxyl groups excluding tert-OH is 1. The summed E-state index contributed by atoms with van der Waals surface area (Å²) in [4.78, 5) is 22.1. The Balaban J connectivity index is 2.61. The standard InChI is InChI=1S/C12H13F2NO5/c13-12(14)20-9-4-2-1-3-7(9)10(17)15-6-5-8(16)11(18)19/h1-4,8,12,16H,5-6H2,(H,15,17)(H,18,19)/t8-/m0/s1. The third kappa shape index (κ3) is 4.81. The molecule has 0 fully saturated rings. The maximum absolute atomic E-state index is 12.2. The van der Waals surface area contributed by atoms with Crippen LogP contribution in [0.15, 0.2) is 24.3 Å². The molecular formula is C12H13F2NO5. The summed E-state index contributed by atoms with van der Waals surface area (Å²) in [5.41, 5.74) is -0.0994. The monoisotopic (exact) mass is 289 g/mol. The minimum atomic E-state index is -3.06. The molecule has 0 saturated carbocycles. The second-order valence-corrected chi connectivity index (χ2v) is 3.77. The molecular weight excluding hydrogens is 276 g/mol. The summed E-state index contributed by atoms with van der Waals surface area (Å²) in [6.45, 7) is -3.17. The van der Waals surface area contributed by atoms with Crippen LogP contribution < -0.4 is 10.1 Å². The number of hydrogen-bond acceptors (Lipinski definition) is 4. The van der Waals surface area contributed by atoms with Gasteiger partial charge in [-0.3, -0.25) is 4.79 Å². The van der Waals surface area contributed by atoms with Gasteiger partial charge in [-0.25, -0.2) is 4.79 Å². The SMILES string of the molecule is O=C(NCC[C@H](O)C(=O)O)c1ccccc1OC(F)F. The molecule has 0 radical (unpaired) electrons. The Labute approximate surface area is 113 Å². The van der Waals surface area contributed by atoms with Crippen LogP contribution in [0.5, 0.6) is 5.75 Å². The highest BCUT2D eigenvalue weighted by Crippen LogP contribution is 2.19. The molecule has 0 aliphatic carbocycles. The minimum Gasteiger partial charge on any atom is -0.479 e. The summed E-state index contributed by atoms with van der Waals surface area (Å²) < 4.78 is 28.5. The Morgan fingerprint density at radius 2 is 1.95 bits per heavy atom. The molecule has 0 heterocycles. The third-order valence-electron chi connectivity index (χ3n) is 2.34. The van der Waals surface area contributed by atoms with Crippen molar-refractivity contribution in [1.82, 2.24) is 5.32 Å². The van der Waals surface area contributed by atoms with E-state index >= 15 is 0 Å². The molecule has 110 valence electrons. The number of amides is 1. The molecule has 0 bridgehead atoms. The second-order valence-electron chi connectivity index (χ2n) is 3.77. The normalized spacial score (nSPS) is 12.0. The van der Waals surface area contributed by atoms with E-state index in [4.69, 9.17) is 10.2 Å². The van der Waals surface area contributed by atoms with E-state index in [1.807, 2.05) is 0 Å². The van der Waals surface area contributed by atoms with Gasteiger partial charge in [-0.15, -0.1) is 0 Å². The lowest BCUT2D eigenvalue weighted by Crippen LogP contribution is -2.30. The fourth-order valence-corrected chi connectivity index (χ4v) is 1.39. The van der Waals surface area contributed by atoms with Gasteiger partial charge in [0, 0.05) is 13.0 Å². The molecule has 1 rings (SSSR count). The van der Waals surface area contributed by atoms with Crippen LogP contribution in [0, 0.1) is 0 Å². The van der Waals surface area contributed by atoms with Crippen LogP contribution >= 0.6 is 0 Å². The average Bonchev–Trinajstić information content (AvgIpc) is 2.38. The number of para-hydroxylation sites is 1. The van der Waals surface area contributed by atoms with Crippen molar-refractivity contribution >= 4 is 11.9 Å². The van der Waals surface area contributed by atoms with Crippen molar-refractivity contribution in [3.8, 4) is 5.75 Å². The van der Waals surface area contributed by atoms with E-state index in [0.717, 1.165) is 0 Å². The lowest BCUT2D eigenvalue weighted by molar-refractivity contribution is -0.146. The summed E-state index contributed by atoms with van der Waals surface area (Å²) in [7, 11) is 0. The molecule has 1 aromatic rings. The van der Waals surface area contributed by atoms with Crippen molar-refractivity contribution < 1.29 is 33.3 Å². The second kappa shape index (κ2) is 7.39. The van der Waals surface area contributed by atoms with Crippen molar-refractivity contribution in [3.63, 3.8) is 0 Å². The molecule has 0 spiro atoms. The average molecular weight is 289 g/mol. The summed E-state index contributed by atoms with van der Waals surface area (Å²) in [5, 5.41) is 19.8. The van der Waals surface area contributed by atoms with E-state index in [9.17, 15) is 18.4 Å². The highest BCUT2D eigenvalue weighted by atomic mass is 19.3. The number of benzene rings is 1. The molecule has 1 aromatic carbocycles. The quantitative estimate of drug-likeness (QED) is 0.691. The van der Waals surface area contributed by atoms with Crippen molar-refractivity contribution in [1.29, 1.82) is 0 Å². The number of halogens is 2. The lowest BCUT2D eigenvalue weighted by Gasteiger charge is -2.11. The Kier molecular flexibility index (Phi) is 5.85. The number of hydrogen-bond donors (Lipinski definition) is 3. The largest absolute Gasteiger partial charge is 0.479 e. The van der Waals surface area contributed by atoms with Crippen molar-refractivity contribution in [2.45, 2.75) is 19.1 Å². The van der Waals surface area contributed by atoms with Gasteiger partial charge >= 0.3 is 12.6 Å².